The number of hydrogen-bond donors (Lipinski definition) is 1. The second-order valence-electron chi connectivity index (χ2n) is 5.34. The van der Waals surface area contributed by atoms with Crippen molar-refractivity contribution in [2.45, 2.75) is 24.8 Å². The van der Waals surface area contributed by atoms with Gasteiger partial charge in [-0.15, -0.1) is 0 Å². The van der Waals surface area contributed by atoms with Crippen LogP contribution >= 0.6 is 11.6 Å². The standard InChI is InChI=1S/C17H15ClFNO/c18-14-7-3-2-6-13(14)17(9-10-17)16(21)20-11-12-5-1-4-8-15(12)19/h1-8H,9-11H2,(H,20,21). The van der Waals surface area contributed by atoms with Gasteiger partial charge in [-0.25, -0.2) is 4.39 Å². The molecule has 0 unspecified atom stereocenters. The first-order valence-corrected chi connectivity index (χ1v) is 7.28. The third-order valence-corrected chi connectivity index (χ3v) is 4.30. The van der Waals surface area contributed by atoms with Gasteiger partial charge >= 0.3 is 0 Å². The summed E-state index contributed by atoms with van der Waals surface area (Å²) in [5.41, 5.74) is 0.808. The Morgan fingerprint density at radius 2 is 1.81 bits per heavy atom. The maximum atomic E-state index is 13.6. The molecule has 0 aliphatic heterocycles. The maximum Gasteiger partial charge on any atom is 0.230 e. The zero-order valence-corrected chi connectivity index (χ0v) is 12.2. The highest BCUT2D eigenvalue weighted by atomic mass is 35.5. The van der Waals surface area contributed by atoms with E-state index in [-0.39, 0.29) is 18.3 Å². The Labute approximate surface area is 127 Å². The lowest BCUT2D eigenvalue weighted by molar-refractivity contribution is -0.123. The molecular formula is C17H15ClFNO. The summed E-state index contributed by atoms with van der Waals surface area (Å²) in [7, 11) is 0. The molecule has 108 valence electrons. The lowest BCUT2D eigenvalue weighted by Gasteiger charge is -2.17. The zero-order chi connectivity index (χ0) is 14.9. The molecule has 0 heterocycles. The van der Waals surface area contributed by atoms with Gasteiger partial charge in [0.25, 0.3) is 0 Å². The minimum absolute atomic E-state index is 0.0844. The van der Waals surface area contributed by atoms with Crippen molar-refractivity contribution in [3.8, 4) is 0 Å². The third-order valence-electron chi connectivity index (χ3n) is 3.97. The predicted molar refractivity (Wildman–Crippen MR) is 80.6 cm³/mol. The second kappa shape index (κ2) is 5.49. The quantitative estimate of drug-likeness (QED) is 0.914. The SMILES string of the molecule is O=C(NCc1ccccc1F)C1(c2ccccc2Cl)CC1. The Hall–Kier alpha value is -1.87. The van der Waals surface area contributed by atoms with E-state index < -0.39 is 5.41 Å². The Bertz CT molecular complexity index is 682. The summed E-state index contributed by atoms with van der Waals surface area (Å²) in [5.74, 6) is -0.390. The van der Waals surface area contributed by atoms with E-state index >= 15 is 0 Å². The molecule has 0 radical (unpaired) electrons. The lowest BCUT2D eigenvalue weighted by Crippen LogP contribution is -2.34. The van der Waals surface area contributed by atoms with E-state index in [9.17, 15) is 9.18 Å². The highest BCUT2D eigenvalue weighted by Gasteiger charge is 2.52. The van der Waals surface area contributed by atoms with E-state index in [1.807, 2.05) is 18.2 Å². The molecule has 0 bridgehead atoms. The van der Waals surface area contributed by atoms with Crippen molar-refractivity contribution in [2.75, 3.05) is 0 Å². The number of nitrogens with one attached hydrogen (secondary N) is 1. The molecule has 3 rings (SSSR count). The Kier molecular flexibility index (Phi) is 3.68. The molecule has 1 aliphatic carbocycles. The van der Waals surface area contributed by atoms with Gasteiger partial charge in [-0.3, -0.25) is 4.79 Å². The van der Waals surface area contributed by atoms with Crippen LogP contribution in [0.15, 0.2) is 48.5 Å². The van der Waals surface area contributed by atoms with Crippen LogP contribution < -0.4 is 5.32 Å². The van der Waals surface area contributed by atoms with E-state index in [1.165, 1.54) is 6.07 Å². The minimum atomic E-state index is -0.538. The predicted octanol–water partition coefficient (Wildman–Crippen LogP) is 3.83. The van der Waals surface area contributed by atoms with E-state index in [4.69, 9.17) is 11.6 Å². The van der Waals surface area contributed by atoms with Crippen LogP contribution in [-0.2, 0) is 16.8 Å². The highest BCUT2D eigenvalue weighted by Crippen LogP contribution is 2.50. The van der Waals surface area contributed by atoms with Gasteiger partial charge in [-0.1, -0.05) is 48.0 Å². The van der Waals surface area contributed by atoms with Crippen molar-refractivity contribution in [1.29, 1.82) is 0 Å². The molecule has 0 spiro atoms. The molecule has 1 fully saturated rings. The highest BCUT2D eigenvalue weighted by molar-refractivity contribution is 6.31. The number of rotatable bonds is 4. The van der Waals surface area contributed by atoms with Crippen molar-refractivity contribution < 1.29 is 9.18 Å². The molecule has 1 saturated carbocycles. The van der Waals surface area contributed by atoms with Crippen LogP contribution in [-0.4, -0.2) is 5.91 Å². The van der Waals surface area contributed by atoms with Gasteiger partial charge in [0.05, 0.1) is 5.41 Å². The zero-order valence-electron chi connectivity index (χ0n) is 11.4. The van der Waals surface area contributed by atoms with Gasteiger partial charge in [0.15, 0.2) is 0 Å². The summed E-state index contributed by atoms with van der Waals surface area (Å²) in [6.45, 7) is 0.192. The van der Waals surface area contributed by atoms with Crippen LogP contribution in [0.4, 0.5) is 4.39 Å². The molecule has 0 saturated heterocycles. The third kappa shape index (κ3) is 2.66. The van der Waals surface area contributed by atoms with Crippen LogP contribution in [0.2, 0.25) is 5.02 Å². The number of halogens is 2. The van der Waals surface area contributed by atoms with E-state index in [0.717, 1.165) is 18.4 Å². The first-order valence-electron chi connectivity index (χ1n) is 6.90. The second-order valence-corrected chi connectivity index (χ2v) is 5.74. The van der Waals surface area contributed by atoms with Gasteiger partial charge in [0.1, 0.15) is 5.82 Å². The van der Waals surface area contributed by atoms with Crippen LogP contribution in [0, 0.1) is 5.82 Å². The normalized spacial score (nSPS) is 15.5. The van der Waals surface area contributed by atoms with Gasteiger partial charge in [-0.2, -0.15) is 0 Å². The van der Waals surface area contributed by atoms with Gasteiger partial charge in [-0.05, 0) is 30.5 Å². The maximum absolute atomic E-state index is 13.6. The summed E-state index contributed by atoms with van der Waals surface area (Å²) in [6.07, 6.45) is 1.56. The lowest BCUT2D eigenvalue weighted by atomic mass is 9.95. The Morgan fingerprint density at radius 1 is 1.14 bits per heavy atom. The first kappa shape index (κ1) is 14.1. The number of hydrogen-bond acceptors (Lipinski definition) is 1. The van der Waals surface area contributed by atoms with E-state index in [2.05, 4.69) is 5.32 Å². The molecule has 21 heavy (non-hydrogen) atoms. The summed E-state index contributed by atoms with van der Waals surface area (Å²) in [6, 6.07) is 13.9. The van der Waals surface area contributed by atoms with Crippen LogP contribution in [0.5, 0.6) is 0 Å². The minimum Gasteiger partial charge on any atom is -0.351 e. The van der Waals surface area contributed by atoms with Crippen molar-refractivity contribution in [1.82, 2.24) is 5.32 Å². The summed E-state index contributed by atoms with van der Waals surface area (Å²) in [5, 5.41) is 3.44. The number of carbonyl (C=O) groups excluding carboxylic acids is 1. The van der Waals surface area contributed by atoms with Gasteiger partial charge in [0, 0.05) is 17.1 Å². The molecule has 2 aromatic rings. The summed E-state index contributed by atoms with van der Waals surface area (Å²) < 4.78 is 13.6. The molecule has 1 aliphatic rings. The molecule has 2 nitrogen and oxygen atoms in total. The molecule has 0 atom stereocenters. The monoisotopic (exact) mass is 303 g/mol. The smallest absolute Gasteiger partial charge is 0.230 e. The fourth-order valence-corrected chi connectivity index (χ4v) is 2.90. The molecule has 2 aromatic carbocycles. The summed E-state index contributed by atoms with van der Waals surface area (Å²) >= 11 is 6.20. The van der Waals surface area contributed by atoms with Crippen LogP contribution in [0.3, 0.4) is 0 Å². The number of amides is 1. The topological polar surface area (TPSA) is 29.1 Å². The first-order chi connectivity index (χ1) is 10.1. The van der Waals surface area contributed by atoms with E-state index in [0.29, 0.717) is 10.6 Å². The molecular weight excluding hydrogens is 289 g/mol. The van der Waals surface area contributed by atoms with Crippen molar-refractivity contribution in [3.63, 3.8) is 0 Å². The van der Waals surface area contributed by atoms with E-state index in [1.54, 1.807) is 24.3 Å². The number of benzene rings is 2. The largest absolute Gasteiger partial charge is 0.351 e. The number of carbonyl (C=O) groups is 1. The van der Waals surface area contributed by atoms with Gasteiger partial charge < -0.3 is 5.32 Å². The fourth-order valence-electron chi connectivity index (χ4n) is 2.58. The van der Waals surface area contributed by atoms with Crippen molar-refractivity contribution >= 4 is 17.5 Å². The van der Waals surface area contributed by atoms with Crippen molar-refractivity contribution in [2.24, 2.45) is 0 Å². The average Bonchev–Trinajstić information content (AvgIpc) is 3.28. The fraction of sp³-hybridized carbons (Fsp3) is 0.235. The molecule has 0 aromatic heterocycles. The van der Waals surface area contributed by atoms with Gasteiger partial charge in [0.2, 0.25) is 5.91 Å². The molecule has 1 amide bonds. The van der Waals surface area contributed by atoms with Crippen LogP contribution in [0.1, 0.15) is 24.0 Å². The van der Waals surface area contributed by atoms with Crippen LogP contribution in [0.25, 0.3) is 0 Å². The molecule has 1 N–H and O–H groups in total. The summed E-state index contributed by atoms with van der Waals surface area (Å²) in [4.78, 5) is 12.5. The average molecular weight is 304 g/mol. The van der Waals surface area contributed by atoms with Crippen molar-refractivity contribution in [3.05, 3.63) is 70.5 Å². The molecule has 4 heteroatoms. The Balaban J connectivity index is 1.74. The Morgan fingerprint density at radius 3 is 2.48 bits per heavy atom.